The van der Waals surface area contributed by atoms with E-state index in [1.807, 2.05) is 25.1 Å². The summed E-state index contributed by atoms with van der Waals surface area (Å²) >= 11 is 5.75. The number of nitrogens with one attached hydrogen (secondary N) is 1. The van der Waals surface area contributed by atoms with Gasteiger partial charge in [0.1, 0.15) is 5.02 Å². The highest BCUT2D eigenvalue weighted by molar-refractivity contribution is 6.32. The normalized spacial score (nSPS) is 13.4. The molecule has 31 heavy (non-hydrogen) atoms. The number of hydrogen-bond donors (Lipinski definition) is 1. The summed E-state index contributed by atoms with van der Waals surface area (Å²) in [6.45, 7) is 3.54. The van der Waals surface area contributed by atoms with E-state index in [4.69, 9.17) is 16.3 Å². The summed E-state index contributed by atoms with van der Waals surface area (Å²) in [4.78, 5) is 36.6. The number of nitrogens with zero attached hydrogens (tertiary/aromatic N) is 2. The second-order valence-electron chi connectivity index (χ2n) is 7.15. The molecule has 0 atom stereocenters. The fraction of sp³-hybridized carbons (Fsp3) is 0.273. The minimum absolute atomic E-state index is 0.00477. The van der Waals surface area contributed by atoms with Gasteiger partial charge in [0, 0.05) is 36.6 Å². The molecule has 1 heterocycles. The van der Waals surface area contributed by atoms with Gasteiger partial charge in [0.15, 0.2) is 6.61 Å². The number of anilines is 2. The van der Waals surface area contributed by atoms with Gasteiger partial charge in [-0.2, -0.15) is 0 Å². The van der Waals surface area contributed by atoms with Gasteiger partial charge in [0.25, 0.3) is 11.6 Å². The summed E-state index contributed by atoms with van der Waals surface area (Å²) in [5.74, 6) is -1.20. The number of nitro benzene ring substituents is 1. The van der Waals surface area contributed by atoms with Crippen molar-refractivity contribution in [3.05, 3.63) is 68.7 Å². The largest absolute Gasteiger partial charge is 0.452 e. The standard InChI is InChI=1S/C22H22ClN3O5/c1-15-12-17(25-10-2-3-11-25)6-8-19(15)24-21(27)14-31-22(28)9-5-16-4-7-18(23)20(13-16)26(29)30/h4-9,12-13H,2-3,10-11,14H2,1H3,(H,24,27)/b9-5+. The lowest BCUT2D eigenvalue weighted by atomic mass is 10.1. The van der Waals surface area contributed by atoms with Crippen molar-refractivity contribution in [2.24, 2.45) is 0 Å². The Kier molecular flexibility index (Phi) is 7.25. The van der Waals surface area contributed by atoms with E-state index in [1.54, 1.807) is 0 Å². The van der Waals surface area contributed by atoms with Crippen molar-refractivity contribution in [3.63, 3.8) is 0 Å². The van der Waals surface area contributed by atoms with E-state index < -0.39 is 23.4 Å². The maximum atomic E-state index is 12.1. The van der Waals surface area contributed by atoms with Crippen LogP contribution in [0.3, 0.4) is 0 Å². The smallest absolute Gasteiger partial charge is 0.331 e. The summed E-state index contributed by atoms with van der Waals surface area (Å²) in [7, 11) is 0. The molecule has 0 aliphatic carbocycles. The number of aryl methyl sites for hydroxylation is 1. The van der Waals surface area contributed by atoms with Crippen LogP contribution in [0.15, 0.2) is 42.5 Å². The van der Waals surface area contributed by atoms with Crippen molar-refractivity contribution in [1.29, 1.82) is 0 Å². The Morgan fingerprint density at radius 2 is 1.97 bits per heavy atom. The summed E-state index contributed by atoms with van der Waals surface area (Å²) in [6.07, 6.45) is 4.82. The first kappa shape index (κ1) is 22.3. The van der Waals surface area contributed by atoms with Crippen molar-refractivity contribution in [2.75, 3.05) is 29.9 Å². The zero-order valence-corrected chi connectivity index (χ0v) is 17.7. The van der Waals surface area contributed by atoms with Crippen molar-refractivity contribution < 1.29 is 19.2 Å². The molecule has 0 radical (unpaired) electrons. The van der Waals surface area contributed by atoms with E-state index in [1.165, 1.54) is 37.1 Å². The van der Waals surface area contributed by atoms with Crippen LogP contribution in [0.5, 0.6) is 0 Å². The molecule has 0 saturated carbocycles. The van der Waals surface area contributed by atoms with Crippen LogP contribution in [-0.2, 0) is 14.3 Å². The molecule has 162 valence electrons. The van der Waals surface area contributed by atoms with Gasteiger partial charge in [-0.1, -0.05) is 17.7 Å². The molecular weight excluding hydrogens is 422 g/mol. The number of amides is 1. The van der Waals surface area contributed by atoms with Crippen LogP contribution in [0.4, 0.5) is 17.1 Å². The SMILES string of the molecule is Cc1cc(N2CCCC2)ccc1NC(=O)COC(=O)/C=C/c1ccc(Cl)c([N+](=O)[O-])c1. The Balaban J connectivity index is 1.51. The van der Waals surface area contributed by atoms with Gasteiger partial charge in [0.05, 0.1) is 4.92 Å². The first-order chi connectivity index (χ1) is 14.8. The molecule has 1 fully saturated rings. The molecule has 1 amide bonds. The van der Waals surface area contributed by atoms with Gasteiger partial charge in [-0.05, 0) is 61.2 Å². The number of hydrogen-bond acceptors (Lipinski definition) is 6. The second kappa shape index (κ2) is 10.1. The van der Waals surface area contributed by atoms with Gasteiger partial charge in [-0.15, -0.1) is 0 Å². The van der Waals surface area contributed by atoms with Gasteiger partial charge >= 0.3 is 5.97 Å². The first-order valence-electron chi connectivity index (χ1n) is 9.78. The molecule has 0 spiro atoms. The van der Waals surface area contributed by atoms with E-state index in [-0.39, 0.29) is 10.7 Å². The molecule has 1 saturated heterocycles. The molecule has 0 aromatic heterocycles. The Hall–Kier alpha value is -3.39. The summed E-state index contributed by atoms with van der Waals surface area (Å²) < 4.78 is 4.94. The summed E-state index contributed by atoms with van der Waals surface area (Å²) in [5, 5.41) is 13.6. The highest BCUT2D eigenvalue weighted by Crippen LogP contribution is 2.26. The average Bonchev–Trinajstić information content (AvgIpc) is 3.28. The molecular formula is C22H22ClN3O5. The number of esters is 1. The monoisotopic (exact) mass is 443 g/mol. The minimum Gasteiger partial charge on any atom is -0.452 e. The zero-order chi connectivity index (χ0) is 22.4. The molecule has 8 nitrogen and oxygen atoms in total. The van der Waals surface area contributed by atoms with Crippen LogP contribution in [0.2, 0.25) is 5.02 Å². The number of benzene rings is 2. The molecule has 1 aliphatic heterocycles. The number of ether oxygens (including phenoxy) is 1. The van der Waals surface area contributed by atoms with Gasteiger partial charge in [-0.3, -0.25) is 14.9 Å². The van der Waals surface area contributed by atoms with Crippen LogP contribution < -0.4 is 10.2 Å². The van der Waals surface area contributed by atoms with E-state index in [0.717, 1.165) is 30.4 Å². The number of rotatable bonds is 7. The number of nitro groups is 1. The second-order valence-corrected chi connectivity index (χ2v) is 7.56. The molecule has 1 N–H and O–H groups in total. The lowest BCUT2D eigenvalue weighted by Crippen LogP contribution is -2.21. The zero-order valence-electron chi connectivity index (χ0n) is 17.0. The van der Waals surface area contributed by atoms with Gasteiger partial charge in [0.2, 0.25) is 0 Å². The Bertz CT molecular complexity index is 1030. The van der Waals surface area contributed by atoms with Crippen LogP contribution in [0.25, 0.3) is 6.08 Å². The Morgan fingerprint density at radius 1 is 1.23 bits per heavy atom. The number of carbonyl (C=O) groups is 2. The van der Waals surface area contributed by atoms with E-state index in [9.17, 15) is 19.7 Å². The fourth-order valence-electron chi connectivity index (χ4n) is 3.27. The first-order valence-corrected chi connectivity index (χ1v) is 10.2. The third-order valence-electron chi connectivity index (χ3n) is 4.88. The van der Waals surface area contributed by atoms with Crippen molar-refractivity contribution >= 4 is 46.6 Å². The average molecular weight is 444 g/mol. The maximum absolute atomic E-state index is 12.1. The molecule has 9 heteroatoms. The Morgan fingerprint density at radius 3 is 2.65 bits per heavy atom. The molecule has 1 aliphatic rings. The molecule has 2 aromatic carbocycles. The van der Waals surface area contributed by atoms with E-state index >= 15 is 0 Å². The third kappa shape index (κ3) is 6.05. The topological polar surface area (TPSA) is 102 Å². The fourth-order valence-corrected chi connectivity index (χ4v) is 3.46. The van der Waals surface area contributed by atoms with Crippen molar-refractivity contribution in [3.8, 4) is 0 Å². The van der Waals surface area contributed by atoms with E-state index in [0.29, 0.717) is 11.3 Å². The predicted octanol–water partition coefficient (Wildman–Crippen LogP) is 4.35. The number of halogens is 1. The lowest BCUT2D eigenvalue weighted by molar-refractivity contribution is -0.384. The van der Waals surface area contributed by atoms with Crippen LogP contribution in [0.1, 0.15) is 24.0 Å². The lowest BCUT2D eigenvalue weighted by Gasteiger charge is -2.19. The van der Waals surface area contributed by atoms with Crippen molar-refractivity contribution in [1.82, 2.24) is 0 Å². The predicted molar refractivity (Wildman–Crippen MR) is 119 cm³/mol. The number of carbonyl (C=O) groups excluding carboxylic acids is 2. The minimum atomic E-state index is -0.742. The summed E-state index contributed by atoms with van der Waals surface area (Å²) in [5.41, 5.74) is 2.86. The summed E-state index contributed by atoms with van der Waals surface area (Å²) in [6, 6.07) is 9.98. The molecule has 0 unspecified atom stereocenters. The quantitative estimate of drug-likeness (QED) is 0.295. The van der Waals surface area contributed by atoms with Gasteiger partial charge < -0.3 is 15.0 Å². The van der Waals surface area contributed by atoms with Crippen LogP contribution >= 0.6 is 11.6 Å². The third-order valence-corrected chi connectivity index (χ3v) is 5.20. The molecule has 3 rings (SSSR count). The van der Waals surface area contributed by atoms with Crippen LogP contribution in [0, 0.1) is 17.0 Å². The van der Waals surface area contributed by atoms with E-state index in [2.05, 4.69) is 10.2 Å². The van der Waals surface area contributed by atoms with Crippen molar-refractivity contribution in [2.45, 2.75) is 19.8 Å². The van der Waals surface area contributed by atoms with Gasteiger partial charge in [-0.25, -0.2) is 4.79 Å². The highest BCUT2D eigenvalue weighted by atomic mass is 35.5. The van der Waals surface area contributed by atoms with Crippen LogP contribution in [-0.4, -0.2) is 36.5 Å². The molecule has 0 bridgehead atoms. The maximum Gasteiger partial charge on any atom is 0.331 e. The highest BCUT2D eigenvalue weighted by Gasteiger charge is 2.14. The molecule has 2 aromatic rings. The Labute approximate surface area is 184 Å².